The summed E-state index contributed by atoms with van der Waals surface area (Å²) in [5.41, 5.74) is 6.54. The minimum Gasteiger partial charge on any atom is -0.409 e. The van der Waals surface area contributed by atoms with Crippen LogP contribution in [0.15, 0.2) is 23.4 Å². The van der Waals surface area contributed by atoms with E-state index in [1.807, 2.05) is 0 Å². The highest BCUT2D eigenvalue weighted by Crippen LogP contribution is 2.33. The molecular weight excluding hydrogens is 278 g/mol. The van der Waals surface area contributed by atoms with Gasteiger partial charge in [-0.15, -0.1) is 0 Å². The molecule has 0 radical (unpaired) electrons. The van der Waals surface area contributed by atoms with Gasteiger partial charge in [0.15, 0.2) is 5.84 Å². The summed E-state index contributed by atoms with van der Waals surface area (Å²) in [6.07, 6.45) is 3.11. The molecule has 0 heterocycles. The van der Waals surface area contributed by atoms with Gasteiger partial charge in [-0.05, 0) is 37.0 Å². The molecule has 1 amide bonds. The summed E-state index contributed by atoms with van der Waals surface area (Å²) in [5.74, 6) is 0.447. The average Bonchev–Trinajstić information content (AvgIpc) is 2.86. The van der Waals surface area contributed by atoms with E-state index in [-0.39, 0.29) is 17.7 Å². The molecule has 20 heavy (non-hydrogen) atoms. The number of anilines is 1. The topological polar surface area (TPSA) is 87.7 Å². The Morgan fingerprint density at radius 3 is 2.80 bits per heavy atom. The first-order chi connectivity index (χ1) is 9.52. The van der Waals surface area contributed by atoms with E-state index in [2.05, 4.69) is 17.4 Å². The average molecular weight is 296 g/mol. The molecule has 0 spiro atoms. The van der Waals surface area contributed by atoms with Crippen LogP contribution in [0.5, 0.6) is 0 Å². The molecule has 6 heteroatoms. The van der Waals surface area contributed by atoms with E-state index >= 15 is 0 Å². The number of hydrogen-bond donors (Lipinski definition) is 3. The quantitative estimate of drug-likeness (QED) is 0.347. The molecule has 1 aromatic rings. The van der Waals surface area contributed by atoms with Gasteiger partial charge in [0.2, 0.25) is 5.91 Å². The second kappa shape index (κ2) is 6.13. The smallest absolute Gasteiger partial charge is 0.227 e. The summed E-state index contributed by atoms with van der Waals surface area (Å²) >= 11 is 6.11. The number of nitrogens with zero attached hydrogens (tertiary/aromatic N) is 1. The normalized spacial score (nSPS) is 22.8. The van der Waals surface area contributed by atoms with Crippen LogP contribution >= 0.6 is 11.6 Å². The third-order valence-electron chi connectivity index (χ3n) is 3.83. The first-order valence-corrected chi connectivity index (χ1v) is 6.99. The summed E-state index contributed by atoms with van der Waals surface area (Å²) < 4.78 is 0. The van der Waals surface area contributed by atoms with Crippen molar-refractivity contribution >= 4 is 29.0 Å². The molecule has 1 aliphatic rings. The lowest BCUT2D eigenvalue weighted by atomic mass is 9.97. The molecule has 1 aliphatic carbocycles. The zero-order chi connectivity index (χ0) is 14.7. The Morgan fingerprint density at radius 1 is 1.50 bits per heavy atom. The van der Waals surface area contributed by atoms with Crippen molar-refractivity contribution in [3.05, 3.63) is 28.8 Å². The molecule has 0 saturated heterocycles. The highest BCUT2D eigenvalue weighted by molar-refractivity contribution is 6.34. The monoisotopic (exact) mass is 295 g/mol. The van der Waals surface area contributed by atoms with Gasteiger partial charge in [-0.2, -0.15) is 0 Å². The van der Waals surface area contributed by atoms with Crippen LogP contribution in [-0.2, 0) is 4.79 Å². The minimum atomic E-state index is -0.0193. The van der Waals surface area contributed by atoms with Gasteiger partial charge < -0.3 is 16.3 Å². The Kier molecular flexibility index (Phi) is 4.49. The molecule has 108 valence electrons. The number of halogens is 1. The van der Waals surface area contributed by atoms with Gasteiger partial charge in [0, 0.05) is 11.5 Å². The maximum Gasteiger partial charge on any atom is 0.227 e. The molecule has 2 unspecified atom stereocenters. The number of carbonyl (C=O) groups excluding carboxylic acids is 1. The molecule has 0 bridgehead atoms. The van der Waals surface area contributed by atoms with Crippen molar-refractivity contribution in [3.8, 4) is 0 Å². The number of benzene rings is 1. The van der Waals surface area contributed by atoms with Crippen LogP contribution in [-0.4, -0.2) is 17.0 Å². The van der Waals surface area contributed by atoms with Crippen molar-refractivity contribution in [2.75, 3.05) is 5.32 Å². The molecular formula is C14H18ClN3O2. The molecule has 0 aromatic heterocycles. The number of rotatable bonds is 3. The number of amidine groups is 1. The summed E-state index contributed by atoms with van der Waals surface area (Å²) in [7, 11) is 0. The first kappa shape index (κ1) is 14.7. The van der Waals surface area contributed by atoms with Crippen molar-refractivity contribution in [1.29, 1.82) is 0 Å². The third kappa shape index (κ3) is 3.04. The fraction of sp³-hybridized carbons (Fsp3) is 0.429. The van der Waals surface area contributed by atoms with Gasteiger partial charge in [0.25, 0.3) is 0 Å². The number of carbonyl (C=O) groups is 1. The van der Waals surface area contributed by atoms with E-state index < -0.39 is 0 Å². The predicted octanol–water partition coefficient (Wildman–Crippen LogP) is 2.81. The highest BCUT2D eigenvalue weighted by Gasteiger charge is 2.29. The van der Waals surface area contributed by atoms with E-state index in [1.54, 1.807) is 18.2 Å². The van der Waals surface area contributed by atoms with Crippen LogP contribution in [0.3, 0.4) is 0 Å². The number of oxime groups is 1. The van der Waals surface area contributed by atoms with Crippen LogP contribution in [0.4, 0.5) is 5.69 Å². The fourth-order valence-electron chi connectivity index (χ4n) is 2.59. The number of nitrogens with two attached hydrogens (primary N) is 1. The minimum absolute atomic E-state index is 0.00782. The zero-order valence-corrected chi connectivity index (χ0v) is 12.0. The standard InChI is InChI=1S/C14H18ClN3O2/c1-8-3-2-4-10(8)14(19)17-12-6-5-9(7-11(12)15)13(16)18-20/h5-8,10,20H,2-4H2,1H3,(H2,16,18)(H,17,19). The van der Waals surface area contributed by atoms with Crippen molar-refractivity contribution < 1.29 is 10.0 Å². The lowest BCUT2D eigenvalue weighted by molar-refractivity contribution is -0.120. The molecule has 5 nitrogen and oxygen atoms in total. The predicted molar refractivity (Wildman–Crippen MR) is 79.1 cm³/mol. The van der Waals surface area contributed by atoms with Gasteiger partial charge in [0.1, 0.15) is 0 Å². The molecule has 4 N–H and O–H groups in total. The highest BCUT2D eigenvalue weighted by atomic mass is 35.5. The van der Waals surface area contributed by atoms with Crippen LogP contribution < -0.4 is 11.1 Å². The Morgan fingerprint density at radius 2 is 2.25 bits per heavy atom. The number of amides is 1. The van der Waals surface area contributed by atoms with Crippen LogP contribution in [0.1, 0.15) is 31.7 Å². The first-order valence-electron chi connectivity index (χ1n) is 6.61. The Bertz CT molecular complexity index is 545. The van der Waals surface area contributed by atoms with Crippen LogP contribution in [0.2, 0.25) is 5.02 Å². The van der Waals surface area contributed by atoms with Crippen LogP contribution in [0, 0.1) is 11.8 Å². The van der Waals surface area contributed by atoms with E-state index in [0.717, 1.165) is 19.3 Å². The van der Waals surface area contributed by atoms with E-state index in [9.17, 15) is 4.79 Å². The third-order valence-corrected chi connectivity index (χ3v) is 4.14. The van der Waals surface area contributed by atoms with Gasteiger partial charge in [-0.1, -0.05) is 30.1 Å². The Balaban J connectivity index is 2.12. The van der Waals surface area contributed by atoms with Crippen molar-refractivity contribution in [2.45, 2.75) is 26.2 Å². The maximum absolute atomic E-state index is 12.2. The van der Waals surface area contributed by atoms with E-state index in [4.69, 9.17) is 22.5 Å². The fourth-order valence-corrected chi connectivity index (χ4v) is 2.82. The Labute approximate surface area is 122 Å². The summed E-state index contributed by atoms with van der Waals surface area (Å²) in [4.78, 5) is 12.2. The van der Waals surface area contributed by atoms with E-state index in [1.165, 1.54) is 0 Å². The summed E-state index contributed by atoms with van der Waals surface area (Å²) in [6, 6.07) is 4.87. The van der Waals surface area contributed by atoms with Crippen LogP contribution in [0.25, 0.3) is 0 Å². The molecule has 2 atom stereocenters. The number of nitrogens with one attached hydrogen (secondary N) is 1. The van der Waals surface area contributed by atoms with Crippen molar-refractivity contribution in [2.24, 2.45) is 22.7 Å². The molecule has 2 rings (SSSR count). The SMILES string of the molecule is CC1CCCC1C(=O)Nc1ccc(/C(N)=N/O)cc1Cl. The number of hydrogen-bond acceptors (Lipinski definition) is 3. The molecule has 1 aromatic carbocycles. The van der Waals surface area contributed by atoms with Gasteiger partial charge in [-0.3, -0.25) is 4.79 Å². The lowest BCUT2D eigenvalue weighted by Crippen LogP contribution is -2.24. The summed E-state index contributed by atoms with van der Waals surface area (Å²) in [6.45, 7) is 2.10. The maximum atomic E-state index is 12.2. The lowest BCUT2D eigenvalue weighted by Gasteiger charge is -2.16. The molecule has 1 fully saturated rings. The van der Waals surface area contributed by atoms with E-state index in [0.29, 0.717) is 22.2 Å². The Hall–Kier alpha value is -1.75. The van der Waals surface area contributed by atoms with Gasteiger partial charge in [0.05, 0.1) is 10.7 Å². The largest absolute Gasteiger partial charge is 0.409 e. The van der Waals surface area contributed by atoms with Crippen molar-refractivity contribution in [3.63, 3.8) is 0 Å². The molecule has 0 aliphatic heterocycles. The second-order valence-electron chi connectivity index (χ2n) is 5.18. The summed E-state index contributed by atoms with van der Waals surface area (Å²) in [5, 5.41) is 14.7. The zero-order valence-electron chi connectivity index (χ0n) is 11.3. The second-order valence-corrected chi connectivity index (χ2v) is 5.59. The molecule has 1 saturated carbocycles. The van der Waals surface area contributed by atoms with Gasteiger partial charge in [-0.25, -0.2) is 0 Å². The van der Waals surface area contributed by atoms with Crippen molar-refractivity contribution in [1.82, 2.24) is 0 Å². The van der Waals surface area contributed by atoms with Gasteiger partial charge >= 0.3 is 0 Å².